The van der Waals surface area contributed by atoms with Crippen molar-refractivity contribution in [1.29, 1.82) is 0 Å². The molecule has 0 aromatic carbocycles. The molecule has 1 saturated heterocycles. The van der Waals surface area contributed by atoms with Gasteiger partial charge in [0.25, 0.3) is 0 Å². The molecule has 1 amide bonds. The SMILES string of the molecule is CC(C)(C)OC(=O)N1CCC(N(Cc2ccsc2)c2cncnc2)CC1. The third-order valence-corrected chi connectivity index (χ3v) is 5.10. The van der Waals surface area contributed by atoms with E-state index in [0.29, 0.717) is 19.1 Å². The molecule has 0 atom stereocenters. The summed E-state index contributed by atoms with van der Waals surface area (Å²) in [5, 5.41) is 4.27. The molecule has 0 bridgehead atoms. The number of carbonyl (C=O) groups is 1. The molecule has 2 aromatic heterocycles. The van der Waals surface area contributed by atoms with Crippen LogP contribution in [0.1, 0.15) is 39.2 Å². The van der Waals surface area contributed by atoms with E-state index in [1.165, 1.54) is 5.56 Å². The Labute approximate surface area is 158 Å². The highest BCUT2D eigenvalue weighted by molar-refractivity contribution is 7.07. The van der Waals surface area contributed by atoms with Crippen LogP contribution in [0, 0.1) is 0 Å². The summed E-state index contributed by atoms with van der Waals surface area (Å²) in [6.45, 7) is 7.93. The molecule has 1 aliphatic heterocycles. The molecule has 2 aromatic rings. The van der Waals surface area contributed by atoms with Crippen molar-refractivity contribution in [3.63, 3.8) is 0 Å². The first kappa shape index (κ1) is 18.6. The molecule has 0 radical (unpaired) electrons. The Morgan fingerprint density at radius 1 is 1.31 bits per heavy atom. The van der Waals surface area contributed by atoms with Crippen molar-refractivity contribution in [1.82, 2.24) is 14.9 Å². The number of likely N-dealkylation sites (tertiary alicyclic amines) is 1. The molecule has 0 aliphatic carbocycles. The highest BCUT2D eigenvalue weighted by atomic mass is 32.1. The number of carbonyl (C=O) groups excluding carboxylic acids is 1. The molecule has 0 saturated carbocycles. The summed E-state index contributed by atoms with van der Waals surface area (Å²) >= 11 is 1.71. The van der Waals surface area contributed by atoms with Crippen LogP contribution in [0.5, 0.6) is 0 Å². The second-order valence-electron chi connectivity index (χ2n) is 7.55. The Morgan fingerprint density at radius 3 is 2.58 bits per heavy atom. The summed E-state index contributed by atoms with van der Waals surface area (Å²) in [6, 6.07) is 2.50. The molecule has 7 heteroatoms. The molecular formula is C19H26N4O2S. The van der Waals surface area contributed by atoms with Gasteiger partial charge in [-0.2, -0.15) is 11.3 Å². The Bertz CT molecular complexity index is 692. The predicted octanol–water partition coefficient (Wildman–Crippen LogP) is 3.94. The monoisotopic (exact) mass is 374 g/mol. The van der Waals surface area contributed by atoms with Gasteiger partial charge in [-0.05, 0) is 56.0 Å². The topological polar surface area (TPSA) is 58.6 Å². The lowest BCUT2D eigenvalue weighted by molar-refractivity contribution is 0.0204. The van der Waals surface area contributed by atoms with Crippen LogP contribution in [0.3, 0.4) is 0 Å². The minimum absolute atomic E-state index is 0.219. The number of piperidine rings is 1. The number of anilines is 1. The number of thiophene rings is 1. The van der Waals surface area contributed by atoms with E-state index < -0.39 is 5.60 Å². The van der Waals surface area contributed by atoms with Crippen molar-refractivity contribution in [2.24, 2.45) is 0 Å². The van der Waals surface area contributed by atoms with Gasteiger partial charge in [0, 0.05) is 25.7 Å². The zero-order chi connectivity index (χ0) is 18.6. The molecule has 3 rings (SSSR count). The lowest BCUT2D eigenvalue weighted by Gasteiger charge is -2.39. The van der Waals surface area contributed by atoms with Gasteiger partial charge in [0.2, 0.25) is 0 Å². The van der Waals surface area contributed by atoms with E-state index in [4.69, 9.17) is 4.74 Å². The normalized spacial score (nSPS) is 15.7. The van der Waals surface area contributed by atoms with Gasteiger partial charge < -0.3 is 14.5 Å². The van der Waals surface area contributed by atoms with Gasteiger partial charge in [-0.1, -0.05) is 0 Å². The van der Waals surface area contributed by atoms with E-state index in [2.05, 4.69) is 31.7 Å². The van der Waals surface area contributed by atoms with E-state index in [-0.39, 0.29) is 6.09 Å². The number of amides is 1. The quantitative estimate of drug-likeness (QED) is 0.811. The van der Waals surface area contributed by atoms with Crippen molar-refractivity contribution >= 4 is 23.1 Å². The average Bonchev–Trinajstić information content (AvgIpc) is 3.12. The Kier molecular flexibility index (Phi) is 5.76. The van der Waals surface area contributed by atoms with Gasteiger partial charge in [-0.15, -0.1) is 0 Å². The molecule has 0 unspecified atom stereocenters. The zero-order valence-corrected chi connectivity index (χ0v) is 16.4. The summed E-state index contributed by atoms with van der Waals surface area (Å²) in [5.74, 6) is 0. The molecule has 1 aliphatic rings. The van der Waals surface area contributed by atoms with Crippen LogP contribution in [0.25, 0.3) is 0 Å². The molecule has 6 nitrogen and oxygen atoms in total. The first-order valence-corrected chi connectivity index (χ1v) is 9.87. The highest BCUT2D eigenvalue weighted by Crippen LogP contribution is 2.26. The second-order valence-corrected chi connectivity index (χ2v) is 8.33. The lowest BCUT2D eigenvalue weighted by Crippen LogP contribution is -2.48. The van der Waals surface area contributed by atoms with Crippen molar-refractivity contribution in [3.8, 4) is 0 Å². The van der Waals surface area contributed by atoms with E-state index in [9.17, 15) is 4.79 Å². The molecular weight excluding hydrogens is 348 g/mol. The van der Waals surface area contributed by atoms with Crippen molar-refractivity contribution < 1.29 is 9.53 Å². The van der Waals surface area contributed by atoms with Crippen molar-refractivity contribution in [3.05, 3.63) is 41.1 Å². The minimum atomic E-state index is -0.458. The second kappa shape index (κ2) is 8.03. The molecule has 140 valence electrons. The number of hydrogen-bond acceptors (Lipinski definition) is 6. The van der Waals surface area contributed by atoms with Gasteiger partial charge in [-0.25, -0.2) is 14.8 Å². The predicted molar refractivity (Wildman–Crippen MR) is 103 cm³/mol. The fourth-order valence-electron chi connectivity index (χ4n) is 3.14. The van der Waals surface area contributed by atoms with Gasteiger partial charge >= 0.3 is 6.09 Å². The van der Waals surface area contributed by atoms with Crippen LogP contribution in [0.4, 0.5) is 10.5 Å². The molecule has 0 N–H and O–H groups in total. The average molecular weight is 375 g/mol. The van der Waals surface area contributed by atoms with E-state index in [1.807, 2.05) is 38.1 Å². The van der Waals surface area contributed by atoms with Crippen molar-refractivity contribution in [2.45, 2.75) is 51.8 Å². The molecule has 3 heterocycles. The standard InChI is InChI=1S/C19H26N4O2S/c1-19(2,3)25-18(24)22-7-4-16(5-8-22)23(12-15-6-9-26-13-15)17-10-20-14-21-11-17/h6,9-11,13-14,16H,4-5,7-8,12H2,1-3H3. The van der Waals surface area contributed by atoms with Crippen LogP contribution in [0.15, 0.2) is 35.5 Å². The van der Waals surface area contributed by atoms with Gasteiger partial charge in [-0.3, -0.25) is 0 Å². The first-order valence-electron chi connectivity index (χ1n) is 8.93. The number of hydrogen-bond donors (Lipinski definition) is 0. The maximum Gasteiger partial charge on any atom is 0.410 e. The Hall–Kier alpha value is -2.15. The number of rotatable bonds is 4. The maximum absolute atomic E-state index is 12.3. The van der Waals surface area contributed by atoms with Gasteiger partial charge in [0.1, 0.15) is 11.9 Å². The van der Waals surface area contributed by atoms with Crippen LogP contribution >= 0.6 is 11.3 Å². The van der Waals surface area contributed by atoms with Crippen LogP contribution < -0.4 is 4.90 Å². The van der Waals surface area contributed by atoms with Crippen LogP contribution in [-0.2, 0) is 11.3 Å². The van der Waals surface area contributed by atoms with Gasteiger partial charge in [0.05, 0.1) is 18.1 Å². The fraction of sp³-hybridized carbons (Fsp3) is 0.526. The summed E-state index contributed by atoms with van der Waals surface area (Å²) in [7, 11) is 0. The zero-order valence-electron chi connectivity index (χ0n) is 15.6. The lowest BCUT2D eigenvalue weighted by atomic mass is 10.0. The van der Waals surface area contributed by atoms with Crippen LogP contribution in [0.2, 0.25) is 0 Å². The van der Waals surface area contributed by atoms with Crippen LogP contribution in [-0.4, -0.2) is 45.7 Å². The summed E-state index contributed by atoms with van der Waals surface area (Å²) in [6.07, 6.45) is 6.86. The molecule has 0 spiro atoms. The first-order chi connectivity index (χ1) is 12.4. The highest BCUT2D eigenvalue weighted by Gasteiger charge is 2.30. The number of nitrogens with zero attached hydrogens (tertiary/aromatic N) is 4. The molecule has 26 heavy (non-hydrogen) atoms. The largest absolute Gasteiger partial charge is 0.444 e. The number of aromatic nitrogens is 2. The third kappa shape index (κ3) is 4.94. The minimum Gasteiger partial charge on any atom is -0.444 e. The summed E-state index contributed by atoms with van der Waals surface area (Å²) in [5.41, 5.74) is 1.85. The number of ether oxygens (including phenoxy) is 1. The Balaban J connectivity index is 1.66. The summed E-state index contributed by atoms with van der Waals surface area (Å²) < 4.78 is 5.50. The third-order valence-electron chi connectivity index (χ3n) is 4.37. The molecule has 1 fully saturated rings. The summed E-state index contributed by atoms with van der Waals surface area (Å²) in [4.78, 5) is 24.8. The van der Waals surface area contributed by atoms with Gasteiger partial charge in [0.15, 0.2) is 0 Å². The smallest absolute Gasteiger partial charge is 0.410 e. The fourth-order valence-corrected chi connectivity index (χ4v) is 3.80. The van der Waals surface area contributed by atoms with E-state index in [0.717, 1.165) is 25.1 Å². The van der Waals surface area contributed by atoms with E-state index >= 15 is 0 Å². The van der Waals surface area contributed by atoms with E-state index in [1.54, 1.807) is 17.7 Å². The Morgan fingerprint density at radius 2 is 2.00 bits per heavy atom. The van der Waals surface area contributed by atoms with Crippen molar-refractivity contribution in [2.75, 3.05) is 18.0 Å². The maximum atomic E-state index is 12.3.